The molecule has 2 unspecified atom stereocenters. The fourth-order valence-corrected chi connectivity index (χ4v) is 4.80. The van der Waals surface area contributed by atoms with Gasteiger partial charge < -0.3 is 9.64 Å². The molecule has 0 radical (unpaired) electrons. The van der Waals surface area contributed by atoms with Gasteiger partial charge in [-0.05, 0) is 38.5 Å². The topological polar surface area (TPSA) is 67.2 Å². The van der Waals surface area contributed by atoms with Gasteiger partial charge in [-0.2, -0.15) is 0 Å². The van der Waals surface area contributed by atoms with Crippen LogP contribution in [0.1, 0.15) is 25.0 Å². The molecule has 2 aromatic heterocycles. The SMILES string of the molecule is Cc1ccc2nc(N3CC(C)OC(C)C3)c(/C=C3/SC(=S)N(C)C3=O)c(=O)n2c1. The van der Waals surface area contributed by atoms with Crippen molar-refractivity contribution in [1.29, 1.82) is 0 Å². The monoisotopic (exact) mass is 430 g/mol. The number of amides is 1. The van der Waals surface area contributed by atoms with E-state index in [1.807, 2.05) is 32.9 Å². The Morgan fingerprint density at radius 1 is 1.24 bits per heavy atom. The number of thiocarbonyl (C=S) groups is 1. The number of carbonyl (C=O) groups excluding carboxylic acids is 1. The van der Waals surface area contributed by atoms with Crippen molar-refractivity contribution in [2.45, 2.75) is 33.0 Å². The molecule has 29 heavy (non-hydrogen) atoms. The highest BCUT2D eigenvalue weighted by Gasteiger charge is 2.31. The maximum atomic E-state index is 13.4. The van der Waals surface area contributed by atoms with Gasteiger partial charge in [-0.1, -0.05) is 30.0 Å². The molecule has 2 aliphatic rings. The van der Waals surface area contributed by atoms with Gasteiger partial charge in [-0.15, -0.1) is 0 Å². The van der Waals surface area contributed by atoms with E-state index < -0.39 is 0 Å². The van der Waals surface area contributed by atoms with Crippen molar-refractivity contribution in [2.24, 2.45) is 0 Å². The smallest absolute Gasteiger partial charge is 0.267 e. The first-order valence-electron chi connectivity index (χ1n) is 9.39. The number of ether oxygens (including phenoxy) is 1. The van der Waals surface area contributed by atoms with E-state index in [1.54, 1.807) is 19.3 Å². The third-order valence-corrected chi connectivity index (χ3v) is 6.45. The molecule has 0 N–H and O–H groups in total. The van der Waals surface area contributed by atoms with Crippen molar-refractivity contribution in [2.75, 3.05) is 25.0 Å². The van der Waals surface area contributed by atoms with Crippen LogP contribution in [-0.4, -0.2) is 56.9 Å². The Balaban J connectivity index is 1.93. The molecule has 152 valence electrons. The van der Waals surface area contributed by atoms with Crippen LogP contribution in [0.2, 0.25) is 0 Å². The zero-order chi connectivity index (χ0) is 20.9. The lowest BCUT2D eigenvalue weighted by molar-refractivity contribution is -0.121. The van der Waals surface area contributed by atoms with E-state index in [1.165, 1.54) is 21.1 Å². The van der Waals surface area contributed by atoms with Gasteiger partial charge in [0.15, 0.2) is 0 Å². The third kappa shape index (κ3) is 3.70. The van der Waals surface area contributed by atoms with Crippen LogP contribution in [0.4, 0.5) is 5.82 Å². The number of aryl methyl sites for hydroxylation is 1. The van der Waals surface area contributed by atoms with E-state index in [0.717, 1.165) is 5.56 Å². The maximum absolute atomic E-state index is 13.4. The van der Waals surface area contributed by atoms with Gasteiger partial charge in [-0.3, -0.25) is 18.9 Å². The van der Waals surface area contributed by atoms with Gasteiger partial charge in [0.1, 0.15) is 15.8 Å². The number of carbonyl (C=O) groups is 1. The van der Waals surface area contributed by atoms with Crippen molar-refractivity contribution >= 4 is 51.7 Å². The van der Waals surface area contributed by atoms with E-state index in [9.17, 15) is 9.59 Å². The molecule has 9 heteroatoms. The summed E-state index contributed by atoms with van der Waals surface area (Å²) >= 11 is 6.43. The molecular weight excluding hydrogens is 408 g/mol. The summed E-state index contributed by atoms with van der Waals surface area (Å²) in [5.74, 6) is 0.366. The Morgan fingerprint density at radius 2 is 1.93 bits per heavy atom. The van der Waals surface area contributed by atoms with Crippen molar-refractivity contribution < 1.29 is 9.53 Å². The molecule has 0 saturated carbocycles. The van der Waals surface area contributed by atoms with Crippen LogP contribution in [0, 0.1) is 6.92 Å². The summed E-state index contributed by atoms with van der Waals surface area (Å²) in [6.07, 6.45) is 3.42. The minimum Gasteiger partial charge on any atom is -0.372 e. The molecular formula is C20H22N4O3S2. The second-order valence-electron chi connectivity index (χ2n) is 7.49. The van der Waals surface area contributed by atoms with Crippen LogP contribution in [0.3, 0.4) is 0 Å². The van der Waals surface area contributed by atoms with E-state index in [2.05, 4.69) is 4.90 Å². The Hall–Kier alpha value is -2.23. The van der Waals surface area contributed by atoms with Gasteiger partial charge in [0, 0.05) is 26.3 Å². The number of pyridine rings is 1. The molecule has 0 spiro atoms. The van der Waals surface area contributed by atoms with Crippen LogP contribution in [-0.2, 0) is 9.53 Å². The van der Waals surface area contributed by atoms with Gasteiger partial charge in [0.2, 0.25) is 0 Å². The minimum atomic E-state index is -0.207. The average Bonchev–Trinajstić information content (AvgIpc) is 2.90. The summed E-state index contributed by atoms with van der Waals surface area (Å²) < 4.78 is 7.85. The molecule has 7 nitrogen and oxygen atoms in total. The number of rotatable bonds is 2. The fraction of sp³-hybridized carbons (Fsp3) is 0.400. The standard InChI is InChI=1S/C20H22N4O3S2/c1-11-5-6-16-21-17(23-9-12(2)27-13(3)10-23)14(18(25)24(16)8-11)7-15-19(26)22(4)20(28)29-15/h5-8,12-13H,9-10H2,1-4H3/b15-7+. The molecule has 0 aromatic carbocycles. The third-order valence-electron chi connectivity index (χ3n) is 4.97. The molecule has 2 aliphatic heterocycles. The lowest BCUT2D eigenvalue weighted by Crippen LogP contribution is -2.46. The highest BCUT2D eigenvalue weighted by molar-refractivity contribution is 8.26. The first-order chi connectivity index (χ1) is 13.7. The van der Waals surface area contributed by atoms with E-state index >= 15 is 0 Å². The van der Waals surface area contributed by atoms with Crippen LogP contribution < -0.4 is 10.5 Å². The molecule has 0 aliphatic carbocycles. The molecule has 2 fully saturated rings. The van der Waals surface area contributed by atoms with Crippen LogP contribution >= 0.6 is 24.0 Å². The van der Waals surface area contributed by atoms with E-state index in [4.69, 9.17) is 21.9 Å². The Kier molecular flexibility index (Phi) is 5.22. The van der Waals surface area contributed by atoms with Crippen molar-refractivity contribution in [3.05, 3.63) is 44.7 Å². The van der Waals surface area contributed by atoms with Crippen molar-refractivity contribution in [3.63, 3.8) is 0 Å². The van der Waals surface area contributed by atoms with Crippen LogP contribution in [0.25, 0.3) is 11.7 Å². The molecule has 0 bridgehead atoms. The van der Waals surface area contributed by atoms with Crippen LogP contribution in [0.15, 0.2) is 28.0 Å². The normalized spacial score (nSPS) is 24.2. The molecule has 4 heterocycles. The van der Waals surface area contributed by atoms with Gasteiger partial charge >= 0.3 is 0 Å². The van der Waals surface area contributed by atoms with Gasteiger partial charge in [0.25, 0.3) is 11.5 Å². The number of hydrogen-bond acceptors (Lipinski definition) is 7. The second kappa shape index (κ2) is 7.55. The predicted octanol–water partition coefficient (Wildman–Crippen LogP) is 2.45. The highest BCUT2D eigenvalue weighted by atomic mass is 32.2. The summed E-state index contributed by atoms with van der Waals surface area (Å²) in [4.78, 5) is 34.7. The summed E-state index contributed by atoms with van der Waals surface area (Å²) in [5.41, 5.74) is 1.71. The zero-order valence-corrected chi connectivity index (χ0v) is 18.3. The number of fused-ring (bicyclic) bond motifs is 1. The number of thioether (sulfide) groups is 1. The highest BCUT2D eigenvalue weighted by Crippen LogP contribution is 2.33. The number of hydrogen-bond donors (Lipinski definition) is 0. The lowest BCUT2D eigenvalue weighted by Gasteiger charge is -2.36. The first kappa shape index (κ1) is 20.1. The molecule has 1 amide bonds. The maximum Gasteiger partial charge on any atom is 0.267 e. The summed E-state index contributed by atoms with van der Waals surface area (Å²) in [7, 11) is 1.64. The number of aromatic nitrogens is 2. The number of nitrogens with zero attached hydrogens (tertiary/aromatic N) is 4. The average molecular weight is 431 g/mol. The van der Waals surface area contributed by atoms with E-state index in [-0.39, 0.29) is 23.7 Å². The Morgan fingerprint density at radius 3 is 2.55 bits per heavy atom. The van der Waals surface area contributed by atoms with Gasteiger partial charge in [-0.25, -0.2) is 4.98 Å². The van der Waals surface area contributed by atoms with Crippen molar-refractivity contribution in [1.82, 2.24) is 14.3 Å². The molecule has 2 saturated heterocycles. The second-order valence-corrected chi connectivity index (χ2v) is 9.17. The summed E-state index contributed by atoms with van der Waals surface area (Å²) in [6, 6.07) is 3.76. The summed E-state index contributed by atoms with van der Waals surface area (Å²) in [6.45, 7) is 7.17. The Bertz CT molecular complexity index is 1100. The largest absolute Gasteiger partial charge is 0.372 e. The van der Waals surface area contributed by atoms with Gasteiger partial charge in [0.05, 0.1) is 22.7 Å². The van der Waals surface area contributed by atoms with Crippen molar-refractivity contribution in [3.8, 4) is 0 Å². The number of anilines is 1. The molecule has 2 atom stereocenters. The molecule has 2 aromatic rings. The predicted molar refractivity (Wildman–Crippen MR) is 119 cm³/mol. The minimum absolute atomic E-state index is 0.0127. The number of morpholine rings is 1. The molecule has 4 rings (SSSR count). The van der Waals surface area contributed by atoms with Crippen LogP contribution in [0.5, 0.6) is 0 Å². The number of likely N-dealkylation sites (N-methyl/N-ethyl adjacent to an activating group) is 1. The lowest BCUT2D eigenvalue weighted by atomic mass is 10.1. The summed E-state index contributed by atoms with van der Waals surface area (Å²) in [5, 5.41) is 0. The quantitative estimate of drug-likeness (QED) is 0.536. The fourth-order valence-electron chi connectivity index (χ4n) is 3.64. The van der Waals surface area contributed by atoms with E-state index in [0.29, 0.717) is 39.3 Å². The Labute approximate surface area is 178 Å². The zero-order valence-electron chi connectivity index (χ0n) is 16.7. The first-order valence-corrected chi connectivity index (χ1v) is 10.6.